The van der Waals surface area contributed by atoms with Crippen LogP contribution in [0, 0.1) is 25.7 Å². The maximum atomic E-state index is 12.2. The first-order valence-electron chi connectivity index (χ1n) is 11.3. The maximum absolute atomic E-state index is 12.2. The monoisotopic (exact) mass is 582 g/mol. The van der Waals surface area contributed by atoms with Crippen LogP contribution in [0.2, 0.25) is 0 Å². The minimum Gasteiger partial charge on any atom is -1.00 e. The van der Waals surface area contributed by atoms with Gasteiger partial charge in [-0.25, -0.2) is 6.07 Å². The van der Waals surface area contributed by atoms with E-state index in [-0.39, 0.29) is 30.6 Å². The van der Waals surface area contributed by atoms with Gasteiger partial charge in [-0.1, -0.05) is 75.4 Å². The summed E-state index contributed by atoms with van der Waals surface area (Å²) in [7, 11) is 0. The minimum absolute atomic E-state index is 0. The van der Waals surface area contributed by atoms with Crippen LogP contribution in [0.3, 0.4) is 0 Å². The molecule has 0 spiro atoms. The standard InChI is InChI=1S/C13H9.C11H17.C7H5F.2ClH.Zr/c1-3-7-12-10(5-1)9-11-6-2-4-8-13(11)12;1-8-6-9(2)10(7-8)11(3,4)5;1-6-2-4-7(8)5-3-6;;;/h1-5,7-8H,9H2;6-7H,1-5H3;1-5H;2*1H;/q2*-1;;;;+2/p-2. The molecule has 0 saturated heterocycles. The smallest absolute Gasteiger partial charge is 0.0253 e. The van der Waals surface area contributed by atoms with Crippen molar-refractivity contribution in [2.24, 2.45) is 0 Å². The number of fused-ring (bicyclic) bond motifs is 3. The second kappa shape index (κ2) is 14.1. The number of hydrogen-bond donors (Lipinski definition) is 0. The molecule has 0 aromatic heterocycles. The number of hydrogen-bond acceptors (Lipinski definition) is 0. The van der Waals surface area contributed by atoms with Gasteiger partial charge in [0.05, 0.1) is 0 Å². The normalized spacial score (nSPS) is 10.7. The Kier molecular flexibility index (Phi) is 12.6. The summed E-state index contributed by atoms with van der Waals surface area (Å²) in [6, 6.07) is 29.1. The molecule has 0 radical (unpaired) electrons. The molecule has 4 heteroatoms. The van der Waals surface area contributed by atoms with Crippen LogP contribution < -0.4 is 24.8 Å². The van der Waals surface area contributed by atoms with Crippen LogP contribution in [0.25, 0.3) is 11.1 Å². The summed E-state index contributed by atoms with van der Waals surface area (Å²) >= 11 is 1.34. The van der Waals surface area contributed by atoms with E-state index in [0.29, 0.717) is 5.41 Å². The molecule has 35 heavy (non-hydrogen) atoms. The molecule has 0 fully saturated rings. The van der Waals surface area contributed by atoms with Gasteiger partial charge < -0.3 is 24.8 Å². The molecule has 0 unspecified atom stereocenters. The molecule has 4 aromatic carbocycles. The molecule has 5 rings (SSSR count). The summed E-state index contributed by atoms with van der Waals surface area (Å²) in [5, 5.41) is 0. The molecule has 0 N–H and O–H groups in total. The van der Waals surface area contributed by atoms with Gasteiger partial charge in [-0.3, -0.25) is 0 Å². The third-order valence-electron chi connectivity index (χ3n) is 5.70. The van der Waals surface area contributed by atoms with Crippen molar-refractivity contribution in [3.8, 4) is 11.1 Å². The first-order valence-corrected chi connectivity index (χ1v) is 12.7. The van der Waals surface area contributed by atoms with Gasteiger partial charge in [-0.2, -0.15) is 52.6 Å². The summed E-state index contributed by atoms with van der Waals surface area (Å²) in [5.41, 5.74) is 11.2. The van der Waals surface area contributed by atoms with Gasteiger partial charge in [-0.05, 0) is 6.42 Å². The Bertz CT molecular complexity index is 1170. The largest absolute Gasteiger partial charge is 1.00 e. The summed E-state index contributed by atoms with van der Waals surface area (Å²) in [6.45, 7) is 11.1. The van der Waals surface area contributed by atoms with Crippen LogP contribution in [0.4, 0.5) is 4.39 Å². The summed E-state index contributed by atoms with van der Waals surface area (Å²) in [5.74, 6) is -0.170. The zero-order chi connectivity index (χ0) is 24.0. The van der Waals surface area contributed by atoms with Crippen LogP contribution in [0.5, 0.6) is 0 Å². The molecule has 0 saturated carbocycles. The molecule has 0 bridgehead atoms. The fourth-order valence-electron chi connectivity index (χ4n) is 4.17. The summed E-state index contributed by atoms with van der Waals surface area (Å²) < 4.78 is 14.2. The van der Waals surface area contributed by atoms with Crippen molar-refractivity contribution in [3.05, 3.63) is 124 Å². The van der Waals surface area contributed by atoms with Crippen molar-refractivity contribution in [1.29, 1.82) is 0 Å². The first-order chi connectivity index (χ1) is 15.7. The predicted octanol–water partition coefficient (Wildman–Crippen LogP) is 1.91. The van der Waals surface area contributed by atoms with Gasteiger partial charge in [0.25, 0.3) is 0 Å². The van der Waals surface area contributed by atoms with Gasteiger partial charge in [0.15, 0.2) is 0 Å². The second-order valence-electron chi connectivity index (χ2n) is 9.47. The molecule has 182 valence electrons. The zero-order valence-corrected chi connectivity index (χ0v) is 24.9. The molecule has 0 amide bonds. The molecular formula is C31H31Cl2FZr-2. The summed E-state index contributed by atoms with van der Waals surface area (Å²) in [6.07, 6.45) is 1.05. The van der Waals surface area contributed by atoms with Crippen LogP contribution in [-0.4, -0.2) is 3.71 Å². The van der Waals surface area contributed by atoms with E-state index in [1.165, 1.54) is 75.3 Å². The van der Waals surface area contributed by atoms with E-state index >= 15 is 0 Å². The van der Waals surface area contributed by atoms with Gasteiger partial charge in [0.1, 0.15) is 0 Å². The number of benzene rings is 3. The van der Waals surface area contributed by atoms with Gasteiger partial charge in [-0.15, -0.1) is 5.56 Å². The Labute approximate surface area is 237 Å². The average Bonchev–Trinajstić information content (AvgIpc) is 3.34. The van der Waals surface area contributed by atoms with Crippen molar-refractivity contribution in [2.75, 3.05) is 0 Å². The van der Waals surface area contributed by atoms with Crippen LogP contribution in [0.1, 0.15) is 54.2 Å². The maximum Gasteiger partial charge on any atom is -0.0253 e. The van der Waals surface area contributed by atoms with Crippen LogP contribution >= 0.6 is 0 Å². The Balaban J connectivity index is 0.000000260. The van der Waals surface area contributed by atoms with Gasteiger partial charge in [0, 0.05) is 0 Å². The predicted molar refractivity (Wildman–Crippen MR) is 135 cm³/mol. The topological polar surface area (TPSA) is 0 Å². The van der Waals surface area contributed by atoms with Crippen molar-refractivity contribution < 1.29 is 53.4 Å². The van der Waals surface area contributed by atoms with E-state index in [1.807, 2.05) is 9.78 Å². The van der Waals surface area contributed by atoms with E-state index in [0.717, 1.165) is 12.0 Å². The Morgan fingerprint density at radius 1 is 0.914 bits per heavy atom. The molecule has 0 heterocycles. The number of rotatable bonds is 1. The zero-order valence-electron chi connectivity index (χ0n) is 20.9. The van der Waals surface area contributed by atoms with Crippen molar-refractivity contribution in [3.63, 3.8) is 0 Å². The molecule has 0 aliphatic heterocycles. The molecule has 4 aromatic rings. The van der Waals surface area contributed by atoms with Crippen LogP contribution in [0.15, 0.2) is 78.9 Å². The Hall–Kier alpha value is -1.73. The average molecular weight is 585 g/mol. The van der Waals surface area contributed by atoms with Crippen molar-refractivity contribution in [1.82, 2.24) is 0 Å². The molecule has 1 aliphatic rings. The second-order valence-corrected chi connectivity index (χ2v) is 10.2. The fraction of sp³-hybridized carbons (Fsp3) is 0.226. The van der Waals surface area contributed by atoms with E-state index in [1.54, 1.807) is 12.1 Å². The van der Waals surface area contributed by atoms with Gasteiger partial charge in [0.2, 0.25) is 0 Å². The quantitative estimate of drug-likeness (QED) is 0.264. The summed E-state index contributed by atoms with van der Waals surface area (Å²) in [4.78, 5) is 0. The van der Waals surface area contributed by atoms with Crippen molar-refractivity contribution in [2.45, 2.75) is 46.5 Å². The number of aryl methyl sites for hydroxylation is 2. The minimum atomic E-state index is -0.170. The Morgan fingerprint density at radius 2 is 1.54 bits per heavy atom. The molecular weight excluding hydrogens is 553 g/mol. The molecule has 1 aliphatic carbocycles. The van der Waals surface area contributed by atoms with E-state index in [2.05, 4.69) is 89.2 Å². The SMILES string of the molecule is Cc1cc(C(C)(C)C)c(C)[cH-]1.Fc1ccc([CH]=[Zr+2])cc1.[Cl-].[Cl-].[c-]1cccc2c1Cc1ccccc1-2. The van der Waals surface area contributed by atoms with Crippen LogP contribution in [-0.2, 0) is 36.1 Å². The van der Waals surface area contributed by atoms with Gasteiger partial charge >= 0.3 is 68.0 Å². The van der Waals surface area contributed by atoms with Crippen molar-refractivity contribution >= 4 is 3.71 Å². The third kappa shape index (κ3) is 8.71. The van der Waals surface area contributed by atoms with E-state index < -0.39 is 0 Å². The first kappa shape index (κ1) is 31.3. The fourth-order valence-corrected chi connectivity index (χ4v) is 4.64. The van der Waals surface area contributed by atoms with E-state index in [4.69, 9.17) is 0 Å². The molecule has 0 nitrogen and oxygen atoms in total. The number of halogens is 3. The third-order valence-corrected chi connectivity index (χ3v) is 6.52. The van der Waals surface area contributed by atoms with E-state index in [9.17, 15) is 4.39 Å². The molecule has 0 atom stereocenters. The Morgan fingerprint density at radius 3 is 2.09 bits per heavy atom.